The Labute approximate surface area is 127 Å². The first kappa shape index (κ1) is 13.6. The van der Waals surface area contributed by atoms with Crippen LogP contribution in [-0.2, 0) is 6.54 Å². The fraction of sp³-hybridized carbons (Fsp3) is 0.125. The first-order valence-electron chi connectivity index (χ1n) is 6.69. The number of anilines is 2. The summed E-state index contributed by atoms with van der Waals surface area (Å²) in [6, 6.07) is 13.7. The van der Waals surface area contributed by atoms with E-state index >= 15 is 0 Å². The molecule has 0 fully saturated rings. The molecule has 21 heavy (non-hydrogen) atoms. The van der Waals surface area contributed by atoms with Gasteiger partial charge in [-0.1, -0.05) is 30.3 Å². The van der Waals surface area contributed by atoms with Gasteiger partial charge in [0.05, 0.1) is 6.54 Å². The molecular weight excluding hydrogens is 280 g/mol. The van der Waals surface area contributed by atoms with Crippen molar-refractivity contribution in [2.75, 3.05) is 11.1 Å². The molecular formula is C16H16N4S. The molecule has 2 heterocycles. The van der Waals surface area contributed by atoms with Gasteiger partial charge in [0.15, 0.2) is 5.82 Å². The highest BCUT2D eigenvalue weighted by Gasteiger charge is 2.06. The molecule has 0 spiro atoms. The number of hydrogen-bond donors (Lipinski definition) is 2. The van der Waals surface area contributed by atoms with E-state index in [0.29, 0.717) is 11.6 Å². The maximum Gasteiger partial charge on any atom is 0.163 e. The maximum absolute atomic E-state index is 5.89. The van der Waals surface area contributed by atoms with Gasteiger partial charge in [-0.3, -0.25) is 0 Å². The van der Waals surface area contributed by atoms with Crippen molar-refractivity contribution < 1.29 is 0 Å². The molecule has 4 nitrogen and oxygen atoms in total. The minimum absolute atomic E-state index is 0.467. The molecule has 0 saturated heterocycles. The van der Waals surface area contributed by atoms with Crippen LogP contribution in [0.15, 0.2) is 47.8 Å². The van der Waals surface area contributed by atoms with E-state index in [2.05, 4.69) is 33.7 Å². The monoisotopic (exact) mass is 296 g/mol. The normalized spacial score (nSPS) is 10.5. The van der Waals surface area contributed by atoms with Gasteiger partial charge in [-0.2, -0.15) is 0 Å². The lowest BCUT2D eigenvalue weighted by Gasteiger charge is -2.08. The van der Waals surface area contributed by atoms with Crippen LogP contribution in [0.3, 0.4) is 0 Å². The number of nitrogens with one attached hydrogen (secondary N) is 1. The van der Waals surface area contributed by atoms with Crippen molar-refractivity contribution in [1.29, 1.82) is 0 Å². The molecule has 0 saturated carbocycles. The topological polar surface area (TPSA) is 63.8 Å². The van der Waals surface area contributed by atoms with Gasteiger partial charge < -0.3 is 11.1 Å². The summed E-state index contributed by atoms with van der Waals surface area (Å²) in [5, 5.41) is 5.41. The third-order valence-electron chi connectivity index (χ3n) is 3.18. The molecule has 106 valence electrons. The van der Waals surface area contributed by atoms with E-state index in [9.17, 15) is 0 Å². The predicted octanol–water partition coefficient (Wildman–Crippen LogP) is 3.71. The minimum atomic E-state index is 0.467. The number of aromatic nitrogens is 2. The van der Waals surface area contributed by atoms with E-state index in [0.717, 1.165) is 17.9 Å². The Hall–Kier alpha value is -2.40. The fourth-order valence-electron chi connectivity index (χ4n) is 2.03. The van der Waals surface area contributed by atoms with Gasteiger partial charge >= 0.3 is 0 Å². The van der Waals surface area contributed by atoms with Crippen molar-refractivity contribution in [3.63, 3.8) is 0 Å². The van der Waals surface area contributed by atoms with E-state index < -0.39 is 0 Å². The number of rotatable bonds is 4. The molecule has 0 aliphatic heterocycles. The zero-order chi connectivity index (χ0) is 14.7. The van der Waals surface area contributed by atoms with Crippen LogP contribution in [0, 0.1) is 6.92 Å². The molecule has 0 radical (unpaired) electrons. The van der Waals surface area contributed by atoms with Crippen molar-refractivity contribution in [3.8, 4) is 11.4 Å². The zero-order valence-electron chi connectivity index (χ0n) is 11.7. The Kier molecular flexibility index (Phi) is 3.83. The van der Waals surface area contributed by atoms with Crippen LogP contribution >= 0.6 is 11.3 Å². The highest BCUT2D eigenvalue weighted by molar-refractivity contribution is 7.10. The van der Waals surface area contributed by atoms with E-state index in [1.54, 1.807) is 17.4 Å². The van der Waals surface area contributed by atoms with Gasteiger partial charge in [-0.05, 0) is 23.9 Å². The average molecular weight is 296 g/mol. The third kappa shape index (κ3) is 3.20. The average Bonchev–Trinajstić information content (AvgIpc) is 2.91. The summed E-state index contributed by atoms with van der Waals surface area (Å²) in [6.07, 6.45) is 0. The van der Waals surface area contributed by atoms with Crippen LogP contribution in [-0.4, -0.2) is 9.97 Å². The lowest BCUT2D eigenvalue weighted by Crippen LogP contribution is -2.04. The Morgan fingerprint density at radius 2 is 1.95 bits per heavy atom. The van der Waals surface area contributed by atoms with E-state index in [-0.39, 0.29) is 0 Å². The molecule has 0 aliphatic rings. The van der Waals surface area contributed by atoms with E-state index in [1.807, 2.05) is 30.3 Å². The van der Waals surface area contributed by atoms with Crippen LogP contribution in [0.25, 0.3) is 11.4 Å². The van der Waals surface area contributed by atoms with Gasteiger partial charge in [-0.15, -0.1) is 11.3 Å². The van der Waals surface area contributed by atoms with Crippen LogP contribution < -0.4 is 11.1 Å². The molecule has 0 bridgehead atoms. The molecule has 3 aromatic rings. The fourth-order valence-corrected chi connectivity index (χ4v) is 2.87. The number of aryl methyl sites for hydroxylation is 1. The van der Waals surface area contributed by atoms with Crippen LogP contribution in [0.5, 0.6) is 0 Å². The minimum Gasteiger partial charge on any atom is -0.384 e. The number of nitrogen functional groups attached to an aromatic ring is 1. The molecule has 3 N–H and O–H groups in total. The molecule has 0 unspecified atom stereocenters. The second-order valence-corrected chi connectivity index (χ2v) is 5.75. The quantitative estimate of drug-likeness (QED) is 0.770. The van der Waals surface area contributed by atoms with Crippen molar-refractivity contribution >= 4 is 23.0 Å². The lowest BCUT2D eigenvalue weighted by molar-refractivity contribution is 1.10. The molecule has 3 rings (SSSR count). The Bertz CT molecular complexity index is 737. The van der Waals surface area contributed by atoms with E-state index in [4.69, 9.17) is 5.73 Å². The number of nitrogens with zero attached hydrogens (tertiary/aromatic N) is 2. The summed E-state index contributed by atoms with van der Waals surface area (Å²) in [6.45, 7) is 2.85. The maximum atomic E-state index is 5.89. The third-order valence-corrected chi connectivity index (χ3v) is 4.20. The van der Waals surface area contributed by atoms with Crippen molar-refractivity contribution in [1.82, 2.24) is 9.97 Å². The summed E-state index contributed by atoms with van der Waals surface area (Å²) >= 11 is 1.74. The first-order chi connectivity index (χ1) is 10.2. The van der Waals surface area contributed by atoms with Crippen LogP contribution in [0.1, 0.15) is 10.4 Å². The smallest absolute Gasteiger partial charge is 0.163 e. The Morgan fingerprint density at radius 3 is 2.67 bits per heavy atom. The number of nitrogens with two attached hydrogens (primary N) is 1. The highest BCUT2D eigenvalue weighted by Crippen LogP contribution is 2.21. The highest BCUT2D eigenvalue weighted by atomic mass is 32.1. The molecule has 2 aromatic heterocycles. The Balaban J connectivity index is 1.83. The second-order valence-electron chi connectivity index (χ2n) is 4.75. The van der Waals surface area contributed by atoms with Gasteiger partial charge in [0.25, 0.3) is 0 Å². The molecule has 5 heteroatoms. The van der Waals surface area contributed by atoms with Gasteiger partial charge in [0.1, 0.15) is 11.6 Å². The van der Waals surface area contributed by atoms with E-state index in [1.165, 1.54) is 10.4 Å². The van der Waals surface area contributed by atoms with Crippen molar-refractivity contribution in [2.45, 2.75) is 13.5 Å². The summed E-state index contributed by atoms with van der Waals surface area (Å²) in [5.74, 6) is 1.85. The summed E-state index contributed by atoms with van der Waals surface area (Å²) in [7, 11) is 0. The summed E-state index contributed by atoms with van der Waals surface area (Å²) in [5.41, 5.74) is 8.14. The largest absolute Gasteiger partial charge is 0.384 e. The standard InChI is InChI=1S/C16H16N4S/c1-11-7-8-21-13(11)10-18-15-9-14(17)19-16(20-15)12-5-3-2-4-6-12/h2-9H,10H2,1H3,(H3,17,18,19,20). The molecule has 0 aliphatic carbocycles. The number of benzene rings is 1. The van der Waals surface area contributed by atoms with Crippen molar-refractivity contribution in [3.05, 3.63) is 58.3 Å². The lowest BCUT2D eigenvalue weighted by atomic mass is 10.2. The van der Waals surface area contributed by atoms with Gasteiger partial charge in [-0.25, -0.2) is 9.97 Å². The second kappa shape index (κ2) is 5.93. The first-order valence-corrected chi connectivity index (χ1v) is 7.57. The van der Waals surface area contributed by atoms with Gasteiger partial charge in [0.2, 0.25) is 0 Å². The van der Waals surface area contributed by atoms with Crippen molar-refractivity contribution in [2.24, 2.45) is 0 Å². The molecule has 0 atom stereocenters. The van der Waals surface area contributed by atoms with Crippen LogP contribution in [0.4, 0.5) is 11.6 Å². The predicted molar refractivity (Wildman–Crippen MR) is 88.3 cm³/mol. The number of hydrogen-bond acceptors (Lipinski definition) is 5. The van der Waals surface area contributed by atoms with Crippen LogP contribution in [0.2, 0.25) is 0 Å². The summed E-state index contributed by atoms with van der Waals surface area (Å²) < 4.78 is 0. The SMILES string of the molecule is Cc1ccsc1CNc1cc(N)nc(-c2ccccc2)n1. The number of thiophene rings is 1. The molecule has 1 aromatic carbocycles. The zero-order valence-corrected chi connectivity index (χ0v) is 12.5. The molecule has 0 amide bonds. The summed E-state index contributed by atoms with van der Waals surface area (Å²) in [4.78, 5) is 10.1. The van der Waals surface area contributed by atoms with Gasteiger partial charge in [0, 0.05) is 16.5 Å². The Morgan fingerprint density at radius 1 is 1.14 bits per heavy atom.